The summed E-state index contributed by atoms with van der Waals surface area (Å²) in [6.45, 7) is 1.47. The van der Waals surface area contributed by atoms with E-state index in [1.807, 2.05) is 11.8 Å². The second-order valence-electron chi connectivity index (χ2n) is 6.74. The van der Waals surface area contributed by atoms with Crippen molar-refractivity contribution in [2.45, 2.75) is 16.2 Å². The fourth-order valence-corrected chi connectivity index (χ4v) is 5.00. The van der Waals surface area contributed by atoms with E-state index in [2.05, 4.69) is 77.7 Å². The van der Waals surface area contributed by atoms with Crippen molar-refractivity contribution in [2.75, 3.05) is 18.0 Å². The molecule has 128 valence electrons. The lowest BCUT2D eigenvalue weighted by Crippen LogP contribution is -2.27. The smallest absolute Gasteiger partial charge is 0.0553 e. The molecule has 0 spiro atoms. The normalized spacial score (nSPS) is 14.5. The predicted molar refractivity (Wildman–Crippen MR) is 111 cm³/mol. The number of nitrogens with two attached hydrogens (primary N) is 1. The van der Waals surface area contributed by atoms with Crippen LogP contribution >= 0.6 is 11.8 Å². The minimum Gasteiger partial charge on any atom is -0.338 e. The standard InChI is InChI=1S/C23H20N2S/c24-11-12-25-20-7-3-4-8-22(20)26-23-15-18(9-10-21(23)25)19-13-16-5-1-2-6-17(16)14-19/h1-10,13,15H,11-12,14,24H2. The van der Waals surface area contributed by atoms with Crippen molar-refractivity contribution in [2.24, 2.45) is 5.73 Å². The van der Waals surface area contributed by atoms with Gasteiger partial charge in [0.1, 0.15) is 0 Å². The molecule has 3 heteroatoms. The Bertz CT molecular complexity index is 1020. The summed E-state index contributed by atoms with van der Waals surface area (Å²) in [5.74, 6) is 0. The minimum atomic E-state index is 0.640. The van der Waals surface area contributed by atoms with E-state index in [4.69, 9.17) is 5.73 Å². The largest absolute Gasteiger partial charge is 0.338 e. The number of allylic oxidation sites excluding steroid dienone is 1. The van der Waals surface area contributed by atoms with Crippen molar-refractivity contribution in [3.63, 3.8) is 0 Å². The van der Waals surface area contributed by atoms with Crippen LogP contribution in [0.15, 0.2) is 76.5 Å². The Balaban J connectivity index is 1.55. The van der Waals surface area contributed by atoms with E-state index in [9.17, 15) is 0 Å². The molecule has 5 rings (SSSR count). The molecule has 0 atom stereocenters. The summed E-state index contributed by atoms with van der Waals surface area (Å²) in [6, 6.07) is 24.1. The molecule has 2 N–H and O–H groups in total. The fraction of sp³-hybridized carbons (Fsp3) is 0.130. The highest BCUT2D eigenvalue weighted by molar-refractivity contribution is 7.99. The van der Waals surface area contributed by atoms with Crippen molar-refractivity contribution in [1.29, 1.82) is 0 Å². The van der Waals surface area contributed by atoms with Crippen LogP contribution in [-0.4, -0.2) is 13.1 Å². The summed E-state index contributed by atoms with van der Waals surface area (Å²) >= 11 is 1.86. The molecule has 0 radical (unpaired) electrons. The highest BCUT2D eigenvalue weighted by Crippen LogP contribution is 2.49. The lowest BCUT2D eigenvalue weighted by Gasteiger charge is -2.32. The Kier molecular flexibility index (Phi) is 3.84. The molecule has 1 aliphatic heterocycles. The average Bonchev–Trinajstić information content (AvgIpc) is 3.12. The molecule has 0 aromatic heterocycles. The molecule has 1 aliphatic carbocycles. The molecule has 0 saturated carbocycles. The van der Waals surface area contributed by atoms with Crippen molar-refractivity contribution < 1.29 is 0 Å². The quantitative estimate of drug-likeness (QED) is 0.686. The van der Waals surface area contributed by atoms with Gasteiger partial charge >= 0.3 is 0 Å². The first kappa shape index (κ1) is 15.7. The monoisotopic (exact) mass is 356 g/mol. The Hall–Kier alpha value is -2.49. The summed E-state index contributed by atoms with van der Waals surface area (Å²) < 4.78 is 0. The van der Waals surface area contributed by atoms with Crippen molar-refractivity contribution >= 4 is 34.8 Å². The SMILES string of the molecule is NCCN1c2ccccc2Sc2cc(C3=Cc4ccccc4C3)ccc21. The van der Waals surface area contributed by atoms with Crippen molar-refractivity contribution in [1.82, 2.24) is 0 Å². The maximum Gasteiger partial charge on any atom is 0.0553 e. The second kappa shape index (κ2) is 6.35. The number of fused-ring (bicyclic) bond motifs is 3. The molecule has 3 aromatic carbocycles. The molecule has 0 fully saturated rings. The molecular weight excluding hydrogens is 336 g/mol. The van der Waals surface area contributed by atoms with E-state index in [-0.39, 0.29) is 0 Å². The highest BCUT2D eigenvalue weighted by atomic mass is 32.2. The number of para-hydroxylation sites is 1. The van der Waals surface area contributed by atoms with Gasteiger partial charge in [-0.05, 0) is 52.9 Å². The van der Waals surface area contributed by atoms with Crippen LogP contribution in [0.5, 0.6) is 0 Å². The van der Waals surface area contributed by atoms with Gasteiger partial charge in [0.2, 0.25) is 0 Å². The molecule has 0 saturated heterocycles. The van der Waals surface area contributed by atoms with Crippen LogP contribution in [-0.2, 0) is 6.42 Å². The van der Waals surface area contributed by atoms with E-state index in [1.165, 1.54) is 43.4 Å². The lowest BCUT2D eigenvalue weighted by atomic mass is 10.0. The first-order valence-corrected chi connectivity index (χ1v) is 9.82. The van der Waals surface area contributed by atoms with Gasteiger partial charge in [-0.15, -0.1) is 0 Å². The van der Waals surface area contributed by atoms with Gasteiger partial charge in [0, 0.05) is 22.9 Å². The highest BCUT2D eigenvalue weighted by Gasteiger charge is 2.24. The van der Waals surface area contributed by atoms with E-state index in [0.29, 0.717) is 6.54 Å². The Morgan fingerprint density at radius 2 is 1.69 bits per heavy atom. The maximum absolute atomic E-state index is 5.89. The van der Waals surface area contributed by atoms with Gasteiger partial charge in [-0.25, -0.2) is 0 Å². The van der Waals surface area contributed by atoms with E-state index < -0.39 is 0 Å². The summed E-state index contributed by atoms with van der Waals surface area (Å²) in [5.41, 5.74) is 13.9. The fourth-order valence-electron chi connectivity index (χ4n) is 3.87. The molecule has 0 amide bonds. The van der Waals surface area contributed by atoms with Gasteiger partial charge in [0.15, 0.2) is 0 Å². The molecule has 0 bridgehead atoms. The Labute approximate surface area is 158 Å². The summed E-state index contributed by atoms with van der Waals surface area (Å²) in [6.07, 6.45) is 3.35. The first-order chi connectivity index (χ1) is 12.8. The topological polar surface area (TPSA) is 29.3 Å². The Morgan fingerprint density at radius 1 is 0.885 bits per heavy atom. The van der Waals surface area contributed by atoms with Gasteiger partial charge in [-0.3, -0.25) is 0 Å². The zero-order valence-electron chi connectivity index (χ0n) is 14.5. The summed E-state index contributed by atoms with van der Waals surface area (Å²) in [7, 11) is 0. The Morgan fingerprint density at radius 3 is 2.58 bits per heavy atom. The molecular formula is C23H20N2S. The third-order valence-electron chi connectivity index (χ3n) is 5.12. The molecule has 2 aliphatic rings. The molecule has 0 unspecified atom stereocenters. The van der Waals surface area contributed by atoms with Crippen LogP contribution < -0.4 is 10.6 Å². The van der Waals surface area contributed by atoms with Gasteiger partial charge in [-0.2, -0.15) is 0 Å². The van der Waals surface area contributed by atoms with Crippen LogP contribution in [0.1, 0.15) is 16.7 Å². The zero-order chi connectivity index (χ0) is 17.5. The van der Waals surface area contributed by atoms with Crippen LogP contribution in [0, 0.1) is 0 Å². The van der Waals surface area contributed by atoms with Crippen molar-refractivity contribution in [3.8, 4) is 0 Å². The minimum absolute atomic E-state index is 0.640. The van der Waals surface area contributed by atoms with E-state index in [1.54, 1.807) is 0 Å². The van der Waals surface area contributed by atoms with Crippen LogP contribution in [0.25, 0.3) is 11.6 Å². The summed E-state index contributed by atoms with van der Waals surface area (Å²) in [4.78, 5) is 4.96. The third kappa shape index (κ3) is 2.56. The first-order valence-electron chi connectivity index (χ1n) is 9.01. The average molecular weight is 356 g/mol. The molecule has 3 aromatic rings. The second-order valence-corrected chi connectivity index (χ2v) is 7.82. The van der Waals surface area contributed by atoms with Crippen LogP contribution in [0.2, 0.25) is 0 Å². The van der Waals surface area contributed by atoms with Gasteiger partial charge in [0.25, 0.3) is 0 Å². The maximum atomic E-state index is 5.89. The number of nitrogens with zero attached hydrogens (tertiary/aromatic N) is 1. The lowest BCUT2D eigenvalue weighted by molar-refractivity contribution is 0.899. The molecule has 1 heterocycles. The third-order valence-corrected chi connectivity index (χ3v) is 6.23. The van der Waals surface area contributed by atoms with E-state index >= 15 is 0 Å². The van der Waals surface area contributed by atoms with Crippen molar-refractivity contribution in [3.05, 3.63) is 83.4 Å². The van der Waals surface area contributed by atoms with Gasteiger partial charge < -0.3 is 10.6 Å². The van der Waals surface area contributed by atoms with Crippen LogP contribution in [0.4, 0.5) is 11.4 Å². The summed E-state index contributed by atoms with van der Waals surface area (Å²) in [5, 5.41) is 0. The van der Waals surface area contributed by atoms with Gasteiger partial charge in [-0.1, -0.05) is 60.3 Å². The number of hydrogen-bond acceptors (Lipinski definition) is 3. The number of hydrogen-bond donors (Lipinski definition) is 1. The van der Waals surface area contributed by atoms with Gasteiger partial charge in [0.05, 0.1) is 11.4 Å². The number of anilines is 2. The molecule has 26 heavy (non-hydrogen) atoms. The van der Waals surface area contributed by atoms with E-state index in [0.717, 1.165) is 13.0 Å². The van der Waals surface area contributed by atoms with Crippen LogP contribution in [0.3, 0.4) is 0 Å². The molecule has 2 nitrogen and oxygen atoms in total. The predicted octanol–water partition coefficient (Wildman–Crippen LogP) is 5.34. The number of benzene rings is 3. The number of rotatable bonds is 3. The zero-order valence-corrected chi connectivity index (χ0v) is 15.3.